The maximum atomic E-state index is 2.32. The first-order valence-corrected chi connectivity index (χ1v) is 10.0. The Morgan fingerprint density at radius 3 is 1.38 bits per heavy atom. The van der Waals surface area contributed by atoms with E-state index in [1.165, 1.54) is 38.5 Å². The van der Waals surface area contributed by atoms with Crippen molar-refractivity contribution >= 4 is 0 Å². The molecule has 0 saturated carbocycles. The van der Waals surface area contributed by atoms with Gasteiger partial charge in [-0.3, -0.25) is 0 Å². The molecule has 136 valence electrons. The molecule has 0 heterocycles. The van der Waals surface area contributed by atoms with Gasteiger partial charge in [0.25, 0.3) is 0 Å². The normalized spacial score (nSPS) is 13.2. The molecule has 0 heteroatoms. The highest BCUT2D eigenvalue weighted by Crippen LogP contribution is 2.04. The smallest absolute Gasteiger partial charge is 0.0169 e. The van der Waals surface area contributed by atoms with E-state index in [1.54, 1.807) is 0 Å². The van der Waals surface area contributed by atoms with E-state index in [-0.39, 0.29) is 0 Å². The fraction of sp³-hybridized carbons (Fsp3) is 0.583. The molecule has 0 aromatic rings. The van der Waals surface area contributed by atoms with Crippen LogP contribution in [0.25, 0.3) is 0 Å². The van der Waals surface area contributed by atoms with Crippen LogP contribution in [0.15, 0.2) is 60.8 Å². The molecule has 0 bridgehead atoms. The highest BCUT2D eigenvalue weighted by molar-refractivity contribution is 5.00. The summed E-state index contributed by atoms with van der Waals surface area (Å²) in [4.78, 5) is 0. The fourth-order valence-corrected chi connectivity index (χ4v) is 2.26. The quantitative estimate of drug-likeness (QED) is 0.209. The van der Waals surface area contributed by atoms with Gasteiger partial charge in [0.1, 0.15) is 0 Å². The van der Waals surface area contributed by atoms with E-state index in [1.807, 2.05) is 0 Å². The van der Waals surface area contributed by atoms with Crippen LogP contribution < -0.4 is 0 Å². The molecule has 0 N–H and O–H groups in total. The zero-order valence-corrected chi connectivity index (χ0v) is 16.4. The topological polar surface area (TPSA) is 0 Å². The van der Waals surface area contributed by atoms with E-state index in [2.05, 4.69) is 81.5 Å². The van der Waals surface area contributed by atoms with Gasteiger partial charge in [0.15, 0.2) is 0 Å². The Balaban J connectivity index is 3.45. The predicted molar refractivity (Wildman–Crippen MR) is 112 cm³/mol. The Labute approximate surface area is 152 Å². The fourth-order valence-electron chi connectivity index (χ4n) is 2.26. The molecular weight excluding hydrogens is 288 g/mol. The van der Waals surface area contributed by atoms with Crippen molar-refractivity contribution in [3.63, 3.8) is 0 Å². The molecule has 0 nitrogen and oxygen atoms in total. The molecule has 0 saturated heterocycles. The highest BCUT2D eigenvalue weighted by atomic mass is 13.9. The summed E-state index contributed by atoms with van der Waals surface area (Å²) in [6.45, 7) is 6.81. The average molecular weight is 329 g/mol. The molecule has 0 fully saturated rings. The second-order valence-corrected chi connectivity index (χ2v) is 6.77. The van der Waals surface area contributed by atoms with Gasteiger partial charge in [-0.25, -0.2) is 0 Å². The van der Waals surface area contributed by atoms with Crippen LogP contribution in [-0.4, -0.2) is 0 Å². The van der Waals surface area contributed by atoms with Gasteiger partial charge in [0.2, 0.25) is 0 Å². The SMILES string of the molecule is CCCCC/C=C\C/C=C\C/C=C\C/C=C\C/C=C\CCC(C)C. The Morgan fingerprint density at radius 2 is 0.958 bits per heavy atom. The molecule has 0 rings (SSSR count). The first-order valence-electron chi connectivity index (χ1n) is 10.0. The summed E-state index contributed by atoms with van der Waals surface area (Å²) in [6, 6.07) is 0. The molecule has 24 heavy (non-hydrogen) atoms. The Morgan fingerprint density at radius 1 is 0.542 bits per heavy atom. The van der Waals surface area contributed by atoms with Gasteiger partial charge >= 0.3 is 0 Å². The minimum atomic E-state index is 0.811. The zero-order chi connectivity index (χ0) is 17.7. The monoisotopic (exact) mass is 328 g/mol. The van der Waals surface area contributed by atoms with Crippen molar-refractivity contribution in [2.45, 2.75) is 85.0 Å². The van der Waals surface area contributed by atoms with Crippen molar-refractivity contribution in [2.75, 3.05) is 0 Å². The lowest BCUT2D eigenvalue weighted by Crippen LogP contribution is -1.83. The van der Waals surface area contributed by atoms with E-state index in [4.69, 9.17) is 0 Å². The lowest BCUT2D eigenvalue weighted by Gasteiger charge is -1.98. The van der Waals surface area contributed by atoms with Crippen LogP contribution in [0.5, 0.6) is 0 Å². The van der Waals surface area contributed by atoms with Crippen molar-refractivity contribution in [3.05, 3.63) is 60.8 Å². The van der Waals surface area contributed by atoms with Crippen molar-refractivity contribution in [1.82, 2.24) is 0 Å². The Hall–Kier alpha value is -1.30. The third-order valence-electron chi connectivity index (χ3n) is 3.81. The van der Waals surface area contributed by atoms with Gasteiger partial charge in [-0.1, -0.05) is 94.4 Å². The summed E-state index contributed by atoms with van der Waals surface area (Å²) in [7, 11) is 0. The summed E-state index contributed by atoms with van der Waals surface area (Å²) < 4.78 is 0. The first kappa shape index (κ1) is 22.7. The molecule has 0 aliphatic heterocycles. The predicted octanol–water partition coefficient (Wildman–Crippen LogP) is 8.34. The number of rotatable bonds is 15. The van der Waals surface area contributed by atoms with Crippen LogP contribution in [0.4, 0.5) is 0 Å². The first-order chi connectivity index (χ1) is 11.8. The largest absolute Gasteiger partial charge is 0.0882 e. The summed E-state index contributed by atoms with van der Waals surface area (Å²) in [6.07, 6.45) is 34.7. The van der Waals surface area contributed by atoms with Gasteiger partial charge in [-0.2, -0.15) is 0 Å². The second-order valence-electron chi connectivity index (χ2n) is 6.77. The van der Waals surface area contributed by atoms with Crippen molar-refractivity contribution in [3.8, 4) is 0 Å². The van der Waals surface area contributed by atoms with Crippen LogP contribution in [0, 0.1) is 5.92 Å². The van der Waals surface area contributed by atoms with Gasteiger partial charge in [-0.05, 0) is 57.3 Å². The van der Waals surface area contributed by atoms with Crippen LogP contribution in [-0.2, 0) is 0 Å². The maximum absolute atomic E-state index is 2.32. The Bertz CT molecular complexity index is 377. The minimum absolute atomic E-state index is 0.811. The summed E-state index contributed by atoms with van der Waals surface area (Å²) in [5, 5.41) is 0. The molecule has 0 aliphatic carbocycles. The van der Waals surface area contributed by atoms with Gasteiger partial charge in [0, 0.05) is 0 Å². The molecule has 0 spiro atoms. The van der Waals surface area contributed by atoms with Gasteiger partial charge in [-0.15, -0.1) is 0 Å². The van der Waals surface area contributed by atoms with Crippen LogP contribution >= 0.6 is 0 Å². The van der Waals surface area contributed by atoms with Crippen LogP contribution in [0.2, 0.25) is 0 Å². The van der Waals surface area contributed by atoms with Crippen molar-refractivity contribution in [2.24, 2.45) is 5.92 Å². The van der Waals surface area contributed by atoms with Crippen molar-refractivity contribution in [1.29, 1.82) is 0 Å². The van der Waals surface area contributed by atoms with Gasteiger partial charge < -0.3 is 0 Å². The van der Waals surface area contributed by atoms with Crippen LogP contribution in [0.1, 0.15) is 85.0 Å². The lowest BCUT2D eigenvalue weighted by molar-refractivity contribution is 0.594. The highest BCUT2D eigenvalue weighted by Gasteiger charge is 1.88. The zero-order valence-electron chi connectivity index (χ0n) is 16.4. The maximum Gasteiger partial charge on any atom is -0.0169 e. The van der Waals surface area contributed by atoms with E-state index in [9.17, 15) is 0 Å². The third-order valence-corrected chi connectivity index (χ3v) is 3.81. The summed E-state index contributed by atoms with van der Waals surface area (Å²) in [5.74, 6) is 0.811. The number of unbranched alkanes of at least 4 members (excludes halogenated alkanes) is 3. The van der Waals surface area contributed by atoms with E-state index >= 15 is 0 Å². The molecule has 0 amide bonds. The molecule has 0 atom stereocenters. The average Bonchev–Trinajstić information content (AvgIpc) is 2.56. The third kappa shape index (κ3) is 20.7. The lowest BCUT2D eigenvalue weighted by atomic mass is 10.1. The summed E-state index contributed by atoms with van der Waals surface area (Å²) >= 11 is 0. The van der Waals surface area contributed by atoms with E-state index in [0.29, 0.717) is 0 Å². The number of hydrogen-bond donors (Lipinski definition) is 0. The molecule has 0 unspecified atom stereocenters. The Kier molecular flexibility index (Phi) is 18.7. The van der Waals surface area contributed by atoms with E-state index in [0.717, 1.165) is 31.6 Å². The van der Waals surface area contributed by atoms with Crippen molar-refractivity contribution < 1.29 is 0 Å². The minimum Gasteiger partial charge on any atom is -0.0882 e. The van der Waals surface area contributed by atoms with E-state index < -0.39 is 0 Å². The number of allylic oxidation sites excluding steroid dienone is 10. The second kappa shape index (κ2) is 19.7. The molecule has 0 aliphatic rings. The number of hydrogen-bond acceptors (Lipinski definition) is 0. The molecule has 0 aromatic carbocycles. The summed E-state index contributed by atoms with van der Waals surface area (Å²) in [5.41, 5.74) is 0. The van der Waals surface area contributed by atoms with Crippen LogP contribution in [0.3, 0.4) is 0 Å². The molecule has 0 radical (unpaired) electrons. The van der Waals surface area contributed by atoms with Gasteiger partial charge in [0.05, 0.1) is 0 Å². The standard InChI is InChI=1S/C24H40/c1-4-5-6-7-8-9-10-11-12-13-14-15-16-17-18-19-20-21-22-23-24(2)3/h8-9,11-12,14-15,17-18,20-21,24H,4-7,10,13,16,19,22-23H2,1-3H3/b9-8-,12-11-,15-14-,18-17-,21-20-. The molecular formula is C24H40. The molecule has 0 aromatic heterocycles.